The first-order valence-electron chi connectivity index (χ1n) is 5.67. The van der Waals surface area contributed by atoms with E-state index in [0.29, 0.717) is 16.1 Å². The second-order valence-electron chi connectivity index (χ2n) is 4.33. The van der Waals surface area contributed by atoms with Gasteiger partial charge in [0.2, 0.25) is 5.89 Å². The zero-order chi connectivity index (χ0) is 14.2. The second kappa shape index (κ2) is 5.14. The molecule has 1 aromatic heterocycles. The molecule has 19 heavy (non-hydrogen) atoms. The third-order valence-electron chi connectivity index (χ3n) is 3.13. The van der Waals surface area contributed by atoms with Gasteiger partial charge in [-0.15, -0.1) is 5.10 Å². The lowest BCUT2D eigenvalue weighted by atomic mass is 9.90. The van der Waals surface area contributed by atoms with Crippen molar-refractivity contribution in [3.8, 4) is 0 Å². The summed E-state index contributed by atoms with van der Waals surface area (Å²) < 4.78 is 18.7. The maximum atomic E-state index is 13.9. The molecule has 0 saturated heterocycles. The molecule has 2 rings (SSSR count). The number of aromatic nitrogens is 2. The van der Waals surface area contributed by atoms with E-state index in [1.165, 1.54) is 12.1 Å². The molecule has 2 atom stereocenters. The van der Waals surface area contributed by atoms with Gasteiger partial charge in [-0.25, -0.2) is 14.3 Å². The van der Waals surface area contributed by atoms with Crippen molar-refractivity contribution in [2.75, 3.05) is 0 Å². The zero-order valence-electron chi connectivity index (χ0n) is 10.4. The fraction of sp³-hybridized carbons (Fsp3) is 0.333. The number of hydrogen-bond acceptors (Lipinski definition) is 4. The molecule has 0 radical (unpaired) electrons. The Bertz CT molecular complexity index is 653. The molecule has 0 fully saturated rings. The lowest BCUT2D eigenvalue weighted by Crippen LogP contribution is -2.20. The van der Waals surface area contributed by atoms with E-state index < -0.39 is 23.5 Å². The Morgan fingerprint density at radius 1 is 1.53 bits per heavy atom. The SMILES string of the molecule is Cc1c(Cl)ccc(F)c1C(C)C(N)c1n[nH]c(=O)o1. The van der Waals surface area contributed by atoms with Crippen molar-refractivity contribution >= 4 is 11.6 Å². The average molecular weight is 286 g/mol. The number of hydrogen-bond donors (Lipinski definition) is 2. The maximum absolute atomic E-state index is 13.9. The van der Waals surface area contributed by atoms with Crippen LogP contribution in [0.25, 0.3) is 0 Å². The number of nitrogens with two attached hydrogens (primary N) is 1. The Hall–Kier alpha value is -1.66. The third-order valence-corrected chi connectivity index (χ3v) is 3.54. The lowest BCUT2D eigenvalue weighted by Gasteiger charge is -2.20. The van der Waals surface area contributed by atoms with Gasteiger partial charge >= 0.3 is 5.76 Å². The van der Waals surface area contributed by atoms with Crippen LogP contribution in [0.4, 0.5) is 4.39 Å². The standard InChI is InChI=1S/C12H13ClFN3O2/c1-5-7(13)3-4-8(14)9(5)6(2)10(15)11-16-17-12(18)19-11/h3-4,6,10H,15H2,1-2H3,(H,17,18). The molecule has 3 N–H and O–H groups in total. The van der Waals surface area contributed by atoms with E-state index in [2.05, 4.69) is 10.2 Å². The first kappa shape index (κ1) is 13.8. The highest BCUT2D eigenvalue weighted by atomic mass is 35.5. The quantitative estimate of drug-likeness (QED) is 0.906. The smallest absolute Gasteiger partial charge is 0.391 e. The van der Waals surface area contributed by atoms with Gasteiger partial charge < -0.3 is 10.2 Å². The number of nitrogens with one attached hydrogen (secondary N) is 1. The van der Waals surface area contributed by atoms with Crippen LogP contribution in [0.3, 0.4) is 0 Å². The highest BCUT2D eigenvalue weighted by molar-refractivity contribution is 6.31. The van der Waals surface area contributed by atoms with Crippen LogP contribution >= 0.6 is 11.6 Å². The second-order valence-corrected chi connectivity index (χ2v) is 4.74. The van der Waals surface area contributed by atoms with Crippen molar-refractivity contribution in [3.63, 3.8) is 0 Å². The Kier molecular flexibility index (Phi) is 3.73. The van der Waals surface area contributed by atoms with E-state index >= 15 is 0 Å². The van der Waals surface area contributed by atoms with Crippen LogP contribution in [0.2, 0.25) is 5.02 Å². The zero-order valence-corrected chi connectivity index (χ0v) is 11.2. The number of H-pyrrole nitrogens is 1. The molecule has 0 amide bonds. The number of rotatable bonds is 3. The van der Waals surface area contributed by atoms with Crippen LogP contribution in [-0.2, 0) is 0 Å². The molecule has 102 valence electrons. The van der Waals surface area contributed by atoms with Crippen molar-refractivity contribution in [2.45, 2.75) is 25.8 Å². The summed E-state index contributed by atoms with van der Waals surface area (Å²) >= 11 is 5.98. The molecule has 0 bridgehead atoms. The third kappa shape index (κ3) is 2.54. The molecule has 7 heteroatoms. The van der Waals surface area contributed by atoms with E-state index in [1.54, 1.807) is 13.8 Å². The highest BCUT2D eigenvalue weighted by Gasteiger charge is 2.26. The molecule has 0 aliphatic carbocycles. The van der Waals surface area contributed by atoms with Gasteiger partial charge in [0.05, 0.1) is 6.04 Å². The van der Waals surface area contributed by atoms with Crippen molar-refractivity contribution in [3.05, 3.63) is 50.5 Å². The van der Waals surface area contributed by atoms with Gasteiger partial charge in [-0.1, -0.05) is 18.5 Å². The Morgan fingerprint density at radius 3 is 2.79 bits per heavy atom. The monoisotopic (exact) mass is 285 g/mol. The normalized spacial score (nSPS) is 14.4. The van der Waals surface area contributed by atoms with Gasteiger partial charge in [0.15, 0.2) is 0 Å². The lowest BCUT2D eigenvalue weighted by molar-refractivity contribution is 0.396. The Balaban J connectivity index is 2.42. The van der Waals surface area contributed by atoms with Crippen molar-refractivity contribution < 1.29 is 8.81 Å². The number of aromatic amines is 1. The summed E-state index contributed by atoms with van der Waals surface area (Å²) in [6.07, 6.45) is 0. The van der Waals surface area contributed by atoms with Gasteiger partial charge in [0.1, 0.15) is 5.82 Å². The summed E-state index contributed by atoms with van der Waals surface area (Å²) in [5.41, 5.74) is 6.95. The van der Waals surface area contributed by atoms with Gasteiger partial charge in [-0.2, -0.15) is 0 Å². The molecular formula is C12H13ClFN3O2. The first-order valence-corrected chi connectivity index (χ1v) is 6.05. The van der Waals surface area contributed by atoms with Gasteiger partial charge in [-0.05, 0) is 30.2 Å². The minimum Gasteiger partial charge on any atom is -0.391 e. The Morgan fingerprint density at radius 2 is 2.21 bits per heavy atom. The van der Waals surface area contributed by atoms with Crippen molar-refractivity contribution in [1.82, 2.24) is 10.2 Å². The fourth-order valence-electron chi connectivity index (χ4n) is 2.01. The minimum absolute atomic E-state index is 0.0382. The summed E-state index contributed by atoms with van der Waals surface area (Å²) in [5, 5.41) is 6.24. The average Bonchev–Trinajstić information content (AvgIpc) is 2.80. The summed E-state index contributed by atoms with van der Waals surface area (Å²) in [4.78, 5) is 10.9. The van der Waals surface area contributed by atoms with Crippen molar-refractivity contribution in [2.24, 2.45) is 5.73 Å². The summed E-state index contributed by atoms with van der Waals surface area (Å²) in [5.74, 6) is -1.50. The summed E-state index contributed by atoms with van der Waals surface area (Å²) in [6.45, 7) is 3.44. The van der Waals surface area contributed by atoms with Crippen LogP contribution in [0.5, 0.6) is 0 Å². The largest absolute Gasteiger partial charge is 0.434 e. The van der Waals surface area contributed by atoms with Crippen LogP contribution in [0, 0.1) is 12.7 Å². The van der Waals surface area contributed by atoms with Crippen LogP contribution in [-0.4, -0.2) is 10.2 Å². The number of halogens is 2. The topological polar surface area (TPSA) is 84.9 Å². The fourth-order valence-corrected chi connectivity index (χ4v) is 2.17. The van der Waals surface area contributed by atoms with Crippen LogP contribution in [0.1, 0.15) is 35.9 Å². The number of benzene rings is 1. The van der Waals surface area contributed by atoms with Gasteiger partial charge in [0, 0.05) is 10.9 Å². The summed E-state index contributed by atoms with van der Waals surface area (Å²) in [7, 11) is 0. The molecule has 1 aromatic carbocycles. The van der Waals surface area contributed by atoms with E-state index in [1.807, 2.05) is 0 Å². The number of nitrogens with zero attached hydrogens (tertiary/aromatic N) is 1. The molecule has 2 aromatic rings. The Labute approximate surface area is 113 Å². The predicted octanol–water partition coefficient (Wildman–Crippen LogP) is 2.27. The molecular weight excluding hydrogens is 273 g/mol. The summed E-state index contributed by atoms with van der Waals surface area (Å²) in [6, 6.07) is 2.03. The van der Waals surface area contributed by atoms with E-state index in [4.69, 9.17) is 21.8 Å². The molecule has 5 nitrogen and oxygen atoms in total. The van der Waals surface area contributed by atoms with E-state index in [9.17, 15) is 9.18 Å². The molecule has 0 spiro atoms. The van der Waals surface area contributed by atoms with Gasteiger partial charge in [0.25, 0.3) is 0 Å². The highest BCUT2D eigenvalue weighted by Crippen LogP contribution is 2.34. The molecule has 2 unspecified atom stereocenters. The van der Waals surface area contributed by atoms with Crippen molar-refractivity contribution in [1.29, 1.82) is 0 Å². The van der Waals surface area contributed by atoms with Gasteiger partial charge in [-0.3, -0.25) is 0 Å². The van der Waals surface area contributed by atoms with Crippen LogP contribution in [0.15, 0.2) is 21.3 Å². The predicted molar refractivity (Wildman–Crippen MR) is 68.6 cm³/mol. The maximum Gasteiger partial charge on any atom is 0.434 e. The van der Waals surface area contributed by atoms with Crippen LogP contribution < -0.4 is 11.5 Å². The molecule has 0 aliphatic rings. The molecule has 1 heterocycles. The first-order chi connectivity index (χ1) is 8.91. The molecule has 0 saturated carbocycles. The van der Waals surface area contributed by atoms with E-state index in [0.717, 1.165) is 0 Å². The molecule has 0 aliphatic heterocycles. The minimum atomic E-state index is -0.745. The van der Waals surface area contributed by atoms with E-state index in [-0.39, 0.29) is 5.89 Å².